The van der Waals surface area contributed by atoms with Gasteiger partial charge in [-0.15, -0.1) is 0 Å². The highest BCUT2D eigenvalue weighted by Gasteiger charge is 2.42. The second-order valence-electron chi connectivity index (χ2n) is 10.0. The molecule has 2 heterocycles. The molecule has 0 aliphatic carbocycles. The highest BCUT2D eigenvalue weighted by atomic mass is 16.5. The SMILES string of the molecule is COC(=O)C[C@@H]1C[C@@H](COc2ccc(-c3ccc(C(=N)N)cc3)cc2)N(CC(=O)N2CCN(C(C)=O)CC2)C1=O. The van der Waals surface area contributed by atoms with Gasteiger partial charge >= 0.3 is 5.97 Å². The molecule has 40 heavy (non-hydrogen) atoms. The number of nitrogens with one attached hydrogen (secondary N) is 1. The number of hydrogen-bond donors (Lipinski definition) is 2. The largest absolute Gasteiger partial charge is 0.491 e. The van der Waals surface area contributed by atoms with E-state index in [1.54, 1.807) is 21.9 Å². The van der Waals surface area contributed by atoms with E-state index in [4.69, 9.17) is 20.6 Å². The number of amides is 3. The van der Waals surface area contributed by atoms with Gasteiger partial charge in [-0.2, -0.15) is 0 Å². The molecule has 0 saturated carbocycles. The maximum atomic E-state index is 13.2. The highest BCUT2D eigenvalue weighted by Crippen LogP contribution is 2.29. The molecular weight excluding hydrogens is 514 g/mol. The average molecular weight is 550 g/mol. The molecule has 2 aliphatic heterocycles. The number of nitrogen functional groups attached to an aromatic ring is 1. The van der Waals surface area contributed by atoms with Crippen LogP contribution in [0.3, 0.4) is 0 Å². The lowest BCUT2D eigenvalue weighted by atomic mass is 10.0. The van der Waals surface area contributed by atoms with E-state index >= 15 is 0 Å². The second-order valence-corrected chi connectivity index (χ2v) is 10.0. The molecule has 2 aliphatic rings. The quantitative estimate of drug-likeness (QED) is 0.274. The number of piperazine rings is 1. The summed E-state index contributed by atoms with van der Waals surface area (Å²) in [6.45, 7) is 3.31. The number of ether oxygens (including phenoxy) is 2. The molecule has 11 nitrogen and oxygen atoms in total. The van der Waals surface area contributed by atoms with Crippen molar-refractivity contribution in [3.8, 4) is 16.9 Å². The van der Waals surface area contributed by atoms with Gasteiger partial charge in [0.2, 0.25) is 17.7 Å². The normalized spacial score (nSPS) is 18.9. The van der Waals surface area contributed by atoms with Gasteiger partial charge in [-0.25, -0.2) is 0 Å². The summed E-state index contributed by atoms with van der Waals surface area (Å²) in [4.78, 5) is 54.7. The third kappa shape index (κ3) is 6.77. The number of carbonyl (C=O) groups excluding carboxylic acids is 4. The molecule has 3 amide bonds. The first kappa shape index (κ1) is 28.6. The summed E-state index contributed by atoms with van der Waals surface area (Å²) in [5.74, 6) is -0.911. The van der Waals surface area contributed by atoms with Crippen LogP contribution in [0.5, 0.6) is 5.75 Å². The summed E-state index contributed by atoms with van der Waals surface area (Å²) >= 11 is 0. The van der Waals surface area contributed by atoms with Gasteiger partial charge in [-0.05, 0) is 29.7 Å². The molecule has 0 radical (unpaired) electrons. The minimum atomic E-state index is -0.580. The molecule has 0 aromatic heterocycles. The third-order valence-corrected chi connectivity index (χ3v) is 7.48. The molecule has 3 N–H and O–H groups in total. The van der Waals surface area contributed by atoms with Crippen molar-refractivity contribution >= 4 is 29.5 Å². The predicted molar refractivity (Wildman–Crippen MR) is 147 cm³/mol. The number of carbonyl (C=O) groups is 4. The first-order chi connectivity index (χ1) is 19.2. The van der Waals surface area contributed by atoms with Crippen molar-refractivity contribution < 1.29 is 28.7 Å². The van der Waals surface area contributed by atoms with E-state index in [0.29, 0.717) is 43.9 Å². The van der Waals surface area contributed by atoms with E-state index in [0.717, 1.165) is 11.1 Å². The molecule has 2 aromatic rings. The number of methoxy groups -OCH3 is 1. The summed E-state index contributed by atoms with van der Waals surface area (Å²) in [6.07, 6.45) is 0.324. The Labute approximate surface area is 233 Å². The van der Waals surface area contributed by atoms with Crippen molar-refractivity contribution in [2.45, 2.75) is 25.8 Å². The van der Waals surface area contributed by atoms with Crippen LogP contribution in [0.1, 0.15) is 25.3 Å². The van der Waals surface area contributed by atoms with E-state index in [1.165, 1.54) is 18.9 Å². The molecule has 4 rings (SSSR count). The van der Waals surface area contributed by atoms with Crippen LogP contribution in [-0.4, -0.2) is 96.7 Å². The Morgan fingerprint density at radius 1 is 0.950 bits per heavy atom. The van der Waals surface area contributed by atoms with E-state index in [2.05, 4.69) is 0 Å². The van der Waals surface area contributed by atoms with Gasteiger partial charge in [0.15, 0.2) is 0 Å². The van der Waals surface area contributed by atoms with Gasteiger partial charge in [-0.3, -0.25) is 24.6 Å². The number of esters is 1. The Morgan fingerprint density at radius 2 is 1.52 bits per heavy atom. The number of nitrogens with two attached hydrogens (primary N) is 1. The summed E-state index contributed by atoms with van der Waals surface area (Å²) in [5.41, 5.74) is 8.12. The molecule has 2 aromatic carbocycles. The lowest BCUT2D eigenvalue weighted by Crippen LogP contribution is -2.53. The van der Waals surface area contributed by atoms with Crippen molar-refractivity contribution in [3.63, 3.8) is 0 Å². The van der Waals surface area contributed by atoms with Crippen molar-refractivity contribution in [1.29, 1.82) is 5.41 Å². The van der Waals surface area contributed by atoms with Crippen LogP contribution < -0.4 is 10.5 Å². The summed E-state index contributed by atoms with van der Waals surface area (Å²) in [7, 11) is 1.28. The number of hydrogen-bond acceptors (Lipinski definition) is 7. The lowest BCUT2D eigenvalue weighted by Gasteiger charge is -2.35. The molecule has 2 saturated heterocycles. The molecule has 0 unspecified atom stereocenters. The molecule has 212 valence electrons. The summed E-state index contributed by atoms with van der Waals surface area (Å²) in [5, 5.41) is 7.53. The van der Waals surface area contributed by atoms with E-state index in [1.807, 2.05) is 36.4 Å². The number of amidine groups is 1. The van der Waals surface area contributed by atoms with Gasteiger partial charge in [0, 0.05) is 38.7 Å². The molecule has 0 spiro atoms. The predicted octanol–water partition coefficient (Wildman–Crippen LogP) is 1.49. The number of rotatable bonds is 9. The van der Waals surface area contributed by atoms with E-state index < -0.39 is 11.9 Å². The van der Waals surface area contributed by atoms with Gasteiger partial charge in [0.05, 0.1) is 25.5 Å². The minimum absolute atomic E-state index is 0.0146. The Balaban J connectivity index is 1.40. The monoisotopic (exact) mass is 549 g/mol. The van der Waals surface area contributed by atoms with Crippen molar-refractivity contribution in [2.75, 3.05) is 46.4 Å². The van der Waals surface area contributed by atoms with Crippen LogP contribution >= 0.6 is 0 Å². The second kappa shape index (κ2) is 12.6. The summed E-state index contributed by atoms with van der Waals surface area (Å²) in [6, 6.07) is 14.5. The van der Waals surface area contributed by atoms with Crippen LogP contribution in [-0.2, 0) is 23.9 Å². The van der Waals surface area contributed by atoms with Crippen molar-refractivity contribution in [2.24, 2.45) is 11.7 Å². The average Bonchev–Trinajstić information content (AvgIpc) is 3.25. The zero-order valence-electron chi connectivity index (χ0n) is 22.8. The van der Waals surface area contributed by atoms with Gasteiger partial charge in [0.1, 0.15) is 24.7 Å². The van der Waals surface area contributed by atoms with E-state index in [9.17, 15) is 19.2 Å². The fourth-order valence-corrected chi connectivity index (χ4v) is 5.09. The molecular formula is C29H35N5O6. The minimum Gasteiger partial charge on any atom is -0.491 e. The maximum absolute atomic E-state index is 13.2. The first-order valence-corrected chi connectivity index (χ1v) is 13.2. The zero-order valence-corrected chi connectivity index (χ0v) is 22.8. The molecule has 2 atom stereocenters. The van der Waals surface area contributed by atoms with Crippen molar-refractivity contribution in [1.82, 2.24) is 14.7 Å². The van der Waals surface area contributed by atoms with Crippen LogP contribution in [0.4, 0.5) is 0 Å². The topological polar surface area (TPSA) is 146 Å². The van der Waals surface area contributed by atoms with Crippen LogP contribution in [0, 0.1) is 11.3 Å². The zero-order chi connectivity index (χ0) is 28.8. The summed E-state index contributed by atoms with van der Waals surface area (Å²) < 4.78 is 10.8. The third-order valence-electron chi connectivity index (χ3n) is 7.48. The van der Waals surface area contributed by atoms with E-state index in [-0.39, 0.29) is 49.2 Å². The molecule has 11 heteroatoms. The van der Waals surface area contributed by atoms with Crippen LogP contribution in [0.15, 0.2) is 48.5 Å². The van der Waals surface area contributed by atoms with Gasteiger partial charge in [-0.1, -0.05) is 36.4 Å². The fourth-order valence-electron chi connectivity index (χ4n) is 5.09. The van der Waals surface area contributed by atoms with Crippen LogP contribution in [0.2, 0.25) is 0 Å². The Bertz CT molecular complexity index is 1250. The highest BCUT2D eigenvalue weighted by molar-refractivity contribution is 5.95. The number of benzene rings is 2. The molecule has 2 fully saturated rings. The number of nitrogens with zero attached hydrogens (tertiary/aromatic N) is 3. The Hall–Kier alpha value is -4.41. The first-order valence-electron chi connectivity index (χ1n) is 13.2. The Morgan fingerprint density at radius 3 is 2.08 bits per heavy atom. The van der Waals surface area contributed by atoms with Gasteiger partial charge < -0.3 is 29.9 Å². The fraction of sp³-hybridized carbons (Fsp3) is 0.414. The van der Waals surface area contributed by atoms with Gasteiger partial charge in [0.25, 0.3) is 0 Å². The maximum Gasteiger partial charge on any atom is 0.306 e. The smallest absolute Gasteiger partial charge is 0.306 e. The standard InChI is InChI=1S/C29H35N5O6/c1-19(35)32-11-13-33(14-12-32)26(36)17-34-24(15-23(29(34)38)16-27(37)39-2)18-40-25-9-7-21(8-10-25)20-3-5-22(6-4-20)28(30)31/h3-10,23-24H,11-18H2,1-2H3,(H3,30,31)/t23-,24-/m0/s1. The Kier molecular flexibility index (Phi) is 9.03. The van der Waals surface area contributed by atoms with Crippen LogP contribution in [0.25, 0.3) is 11.1 Å². The number of likely N-dealkylation sites (tertiary alicyclic amines) is 1. The van der Waals surface area contributed by atoms with Crippen molar-refractivity contribution in [3.05, 3.63) is 54.1 Å². The lowest BCUT2D eigenvalue weighted by molar-refractivity contribution is -0.146. The molecule has 0 bridgehead atoms.